The van der Waals surface area contributed by atoms with Gasteiger partial charge in [0.1, 0.15) is 5.75 Å². The Balaban J connectivity index is 2.46. The number of rotatable bonds is 7. The summed E-state index contributed by atoms with van der Waals surface area (Å²) in [5, 5.41) is 23.2. The third-order valence-electron chi connectivity index (χ3n) is 2.46. The number of carbonyl (C=O) groups is 2. The quantitative estimate of drug-likeness (QED) is 0.454. The lowest BCUT2D eigenvalue weighted by Gasteiger charge is -2.11. The fourth-order valence-electron chi connectivity index (χ4n) is 1.54. The van der Waals surface area contributed by atoms with E-state index in [0.717, 1.165) is 6.07 Å². The molecule has 0 unspecified atom stereocenters. The Morgan fingerprint density at radius 3 is 2.67 bits per heavy atom. The van der Waals surface area contributed by atoms with Crippen molar-refractivity contribution < 1.29 is 24.5 Å². The first-order chi connectivity index (χ1) is 9.90. The number of urea groups is 1. The summed E-state index contributed by atoms with van der Waals surface area (Å²) >= 11 is 0. The van der Waals surface area contributed by atoms with Gasteiger partial charge in [-0.15, -0.1) is 0 Å². The molecular formula is C14H20N2O5. The van der Waals surface area contributed by atoms with Crippen molar-refractivity contribution in [3.8, 4) is 5.75 Å². The molecule has 0 atom stereocenters. The molecule has 4 N–H and O–H groups in total. The van der Waals surface area contributed by atoms with Crippen molar-refractivity contribution in [2.75, 3.05) is 25.1 Å². The Bertz CT molecular complexity index is 502. The van der Waals surface area contributed by atoms with Gasteiger partial charge in [0.05, 0.1) is 17.9 Å². The highest BCUT2D eigenvalue weighted by Gasteiger charge is 2.13. The maximum Gasteiger partial charge on any atom is 0.337 e. The van der Waals surface area contributed by atoms with Crippen molar-refractivity contribution in [1.82, 2.24) is 5.32 Å². The molecule has 1 rings (SSSR count). The van der Waals surface area contributed by atoms with E-state index in [9.17, 15) is 14.7 Å². The number of nitrogens with one attached hydrogen (secondary N) is 2. The first kappa shape index (κ1) is 16.8. The highest BCUT2D eigenvalue weighted by atomic mass is 16.5. The molecule has 0 radical (unpaired) electrons. The average Bonchev–Trinajstić information content (AvgIpc) is 2.39. The highest BCUT2D eigenvalue weighted by Crippen LogP contribution is 2.21. The molecule has 0 saturated heterocycles. The van der Waals surface area contributed by atoms with Crippen LogP contribution in [0.3, 0.4) is 0 Å². The number of aromatic carboxylic acids is 1. The molecule has 7 nitrogen and oxygen atoms in total. The zero-order valence-corrected chi connectivity index (χ0v) is 12.0. The summed E-state index contributed by atoms with van der Waals surface area (Å²) in [6, 6.07) is 3.17. The van der Waals surface area contributed by atoms with Crippen LogP contribution < -0.4 is 10.6 Å². The van der Waals surface area contributed by atoms with Crippen LogP contribution in [0.25, 0.3) is 0 Å². The summed E-state index contributed by atoms with van der Waals surface area (Å²) in [6.07, 6.45) is 0. The molecule has 21 heavy (non-hydrogen) atoms. The molecule has 0 fully saturated rings. The van der Waals surface area contributed by atoms with Crippen LogP contribution in [-0.2, 0) is 4.74 Å². The molecule has 0 spiro atoms. The van der Waals surface area contributed by atoms with E-state index < -0.39 is 12.0 Å². The van der Waals surface area contributed by atoms with Crippen LogP contribution in [0.4, 0.5) is 10.5 Å². The molecule has 0 heterocycles. The second-order valence-corrected chi connectivity index (χ2v) is 4.88. The number of benzene rings is 1. The molecule has 0 aliphatic carbocycles. The zero-order chi connectivity index (χ0) is 15.8. The van der Waals surface area contributed by atoms with Gasteiger partial charge in [0.2, 0.25) is 0 Å². The minimum atomic E-state index is -1.23. The number of anilines is 1. The van der Waals surface area contributed by atoms with Crippen LogP contribution in [0.1, 0.15) is 24.2 Å². The lowest BCUT2D eigenvalue weighted by molar-refractivity contribution is 0.0697. The maximum absolute atomic E-state index is 11.6. The van der Waals surface area contributed by atoms with Gasteiger partial charge in [0.15, 0.2) is 0 Å². The Morgan fingerprint density at radius 2 is 2.05 bits per heavy atom. The number of phenolic OH excluding ortho intramolecular Hbond substituents is 1. The van der Waals surface area contributed by atoms with E-state index in [1.54, 1.807) is 0 Å². The Kier molecular flexibility index (Phi) is 6.48. The molecule has 1 aromatic carbocycles. The van der Waals surface area contributed by atoms with Gasteiger partial charge in [-0.25, -0.2) is 9.59 Å². The topological polar surface area (TPSA) is 108 Å². The minimum absolute atomic E-state index is 0.112. The van der Waals surface area contributed by atoms with Crippen LogP contribution in [0, 0.1) is 5.92 Å². The van der Waals surface area contributed by atoms with E-state index in [0.29, 0.717) is 25.7 Å². The maximum atomic E-state index is 11.6. The van der Waals surface area contributed by atoms with Gasteiger partial charge >= 0.3 is 12.0 Å². The molecular weight excluding hydrogens is 276 g/mol. The van der Waals surface area contributed by atoms with Crippen molar-refractivity contribution in [1.29, 1.82) is 0 Å². The molecule has 116 valence electrons. The fraction of sp³-hybridized carbons (Fsp3) is 0.429. The van der Waals surface area contributed by atoms with Gasteiger partial charge in [-0.2, -0.15) is 0 Å². The molecule has 7 heteroatoms. The largest absolute Gasteiger partial charge is 0.508 e. The van der Waals surface area contributed by atoms with E-state index in [-0.39, 0.29) is 17.0 Å². The number of aromatic hydroxyl groups is 1. The van der Waals surface area contributed by atoms with Crippen LogP contribution >= 0.6 is 0 Å². The van der Waals surface area contributed by atoms with Gasteiger partial charge in [-0.1, -0.05) is 13.8 Å². The monoisotopic (exact) mass is 296 g/mol. The van der Waals surface area contributed by atoms with Crippen molar-refractivity contribution >= 4 is 17.7 Å². The van der Waals surface area contributed by atoms with Gasteiger partial charge in [-0.3, -0.25) is 0 Å². The predicted octanol–water partition coefficient (Wildman–Crippen LogP) is 1.88. The van der Waals surface area contributed by atoms with E-state index in [1.807, 2.05) is 13.8 Å². The minimum Gasteiger partial charge on any atom is -0.508 e. The lowest BCUT2D eigenvalue weighted by atomic mass is 10.1. The predicted molar refractivity (Wildman–Crippen MR) is 77.7 cm³/mol. The molecule has 0 aliphatic rings. The number of ether oxygens (including phenoxy) is 1. The number of carboxylic acids is 1. The van der Waals surface area contributed by atoms with Crippen molar-refractivity contribution in [3.63, 3.8) is 0 Å². The molecule has 2 amide bonds. The van der Waals surface area contributed by atoms with Gasteiger partial charge in [0, 0.05) is 13.2 Å². The zero-order valence-electron chi connectivity index (χ0n) is 12.0. The Labute approximate surface area is 122 Å². The number of hydrogen-bond acceptors (Lipinski definition) is 4. The highest BCUT2D eigenvalue weighted by molar-refractivity contribution is 6.00. The standard InChI is InChI=1S/C14H20N2O5/c1-9(2)8-21-6-5-15-14(20)16-12-4-3-10(17)7-11(12)13(18)19/h3-4,7,9,17H,5-6,8H2,1-2H3,(H,18,19)(H2,15,16,20). The van der Waals surface area contributed by atoms with E-state index in [4.69, 9.17) is 9.84 Å². The summed E-state index contributed by atoms with van der Waals surface area (Å²) in [6.45, 7) is 5.37. The van der Waals surface area contributed by atoms with Crippen molar-refractivity contribution in [2.45, 2.75) is 13.8 Å². The summed E-state index contributed by atoms with van der Waals surface area (Å²) in [5.74, 6) is -0.990. The molecule has 0 saturated carbocycles. The van der Waals surface area contributed by atoms with Gasteiger partial charge in [0.25, 0.3) is 0 Å². The van der Waals surface area contributed by atoms with Crippen molar-refractivity contribution in [2.24, 2.45) is 5.92 Å². The molecule has 0 bridgehead atoms. The van der Waals surface area contributed by atoms with Crippen LogP contribution in [0.2, 0.25) is 0 Å². The van der Waals surface area contributed by atoms with Crippen LogP contribution in [-0.4, -0.2) is 42.0 Å². The van der Waals surface area contributed by atoms with Crippen LogP contribution in [0.5, 0.6) is 5.75 Å². The van der Waals surface area contributed by atoms with E-state index in [2.05, 4.69) is 10.6 Å². The average molecular weight is 296 g/mol. The van der Waals surface area contributed by atoms with E-state index in [1.165, 1.54) is 12.1 Å². The summed E-state index contributed by atoms with van der Waals surface area (Å²) in [4.78, 5) is 22.7. The number of phenols is 1. The second-order valence-electron chi connectivity index (χ2n) is 4.88. The van der Waals surface area contributed by atoms with Crippen LogP contribution in [0.15, 0.2) is 18.2 Å². The van der Waals surface area contributed by atoms with Gasteiger partial charge < -0.3 is 25.6 Å². The lowest BCUT2D eigenvalue weighted by Crippen LogP contribution is -2.32. The Morgan fingerprint density at radius 1 is 1.33 bits per heavy atom. The number of amides is 2. The third-order valence-corrected chi connectivity index (χ3v) is 2.46. The number of carboxylic acid groups (broad SMARTS) is 1. The van der Waals surface area contributed by atoms with E-state index >= 15 is 0 Å². The van der Waals surface area contributed by atoms with Gasteiger partial charge in [-0.05, 0) is 24.1 Å². The summed E-state index contributed by atoms with van der Waals surface area (Å²) < 4.78 is 5.30. The fourth-order valence-corrected chi connectivity index (χ4v) is 1.54. The summed E-state index contributed by atoms with van der Waals surface area (Å²) in [5.41, 5.74) is -0.0675. The number of carbonyl (C=O) groups excluding carboxylic acids is 1. The first-order valence-electron chi connectivity index (χ1n) is 6.59. The number of hydrogen-bond donors (Lipinski definition) is 4. The SMILES string of the molecule is CC(C)COCCNC(=O)Nc1ccc(O)cc1C(=O)O. The second kappa shape index (κ2) is 8.11. The normalized spacial score (nSPS) is 10.4. The first-order valence-corrected chi connectivity index (χ1v) is 6.59. The molecule has 0 aliphatic heterocycles. The molecule has 1 aromatic rings. The van der Waals surface area contributed by atoms with Crippen molar-refractivity contribution in [3.05, 3.63) is 23.8 Å². The Hall–Kier alpha value is -2.28. The summed E-state index contributed by atoms with van der Waals surface area (Å²) in [7, 11) is 0. The molecule has 0 aromatic heterocycles. The smallest absolute Gasteiger partial charge is 0.337 e. The third kappa shape index (κ3) is 6.13.